The number of pyridine rings is 1. The Morgan fingerprint density at radius 3 is 2.92 bits per heavy atom. The Balaban J connectivity index is 2.93. The average Bonchev–Trinajstić information content (AvgIpc) is 2.07. The molecule has 5 heteroatoms. The van der Waals surface area contributed by atoms with E-state index in [1.165, 1.54) is 18.5 Å². The second kappa shape index (κ2) is 2.30. The van der Waals surface area contributed by atoms with Crippen molar-refractivity contribution in [2.24, 2.45) is 0 Å². The van der Waals surface area contributed by atoms with E-state index in [4.69, 9.17) is 5.11 Å². The van der Waals surface area contributed by atoms with Crippen LogP contribution < -0.4 is 5.56 Å². The van der Waals surface area contributed by atoms with Crippen LogP contribution in [0.4, 0.5) is 0 Å². The number of hydrogen-bond acceptors (Lipinski definition) is 4. The van der Waals surface area contributed by atoms with Crippen molar-refractivity contribution in [2.75, 3.05) is 0 Å². The maximum absolute atomic E-state index is 10.9. The predicted molar refractivity (Wildman–Crippen MR) is 41.8 cm³/mol. The number of fused-ring (bicyclic) bond motifs is 1. The fourth-order valence-electron chi connectivity index (χ4n) is 0.917. The highest BCUT2D eigenvalue weighted by atomic mass is 16.3. The van der Waals surface area contributed by atoms with Crippen LogP contribution in [0, 0.1) is 0 Å². The van der Waals surface area contributed by atoms with Crippen LogP contribution in [-0.4, -0.2) is 20.1 Å². The molecule has 0 saturated carbocycles. The van der Waals surface area contributed by atoms with E-state index in [0.29, 0.717) is 11.2 Å². The van der Waals surface area contributed by atoms with Gasteiger partial charge < -0.3 is 10.1 Å². The SMILES string of the molecule is O=c1[nH]c2nccnc2cc1O. The van der Waals surface area contributed by atoms with Gasteiger partial charge >= 0.3 is 0 Å². The van der Waals surface area contributed by atoms with Gasteiger partial charge in [-0.05, 0) is 0 Å². The summed E-state index contributed by atoms with van der Waals surface area (Å²) < 4.78 is 0. The number of aromatic hydroxyl groups is 1. The molecule has 0 aromatic carbocycles. The van der Waals surface area contributed by atoms with Gasteiger partial charge in [0.1, 0.15) is 5.52 Å². The molecule has 0 aliphatic carbocycles. The van der Waals surface area contributed by atoms with Crippen molar-refractivity contribution < 1.29 is 5.11 Å². The lowest BCUT2D eigenvalue weighted by molar-refractivity contribution is 0.467. The Morgan fingerprint density at radius 2 is 2.08 bits per heavy atom. The van der Waals surface area contributed by atoms with Crippen LogP contribution in [-0.2, 0) is 0 Å². The second-order valence-electron chi connectivity index (χ2n) is 2.27. The van der Waals surface area contributed by atoms with Crippen molar-refractivity contribution in [3.63, 3.8) is 0 Å². The Hall–Kier alpha value is -1.91. The molecule has 60 valence electrons. The highest BCUT2D eigenvalue weighted by Gasteiger charge is 2.00. The van der Waals surface area contributed by atoms with Crippen molar-refractivity contribution in [1.29, 1.82) is 0 Å². The minimum absolute atomic E-state index is 0.344. The van der Waals surface area contributed by atoms with Crippen LogP contribution in [0.2, 0.25) is 0 Å². The first kappa shape index (κ1) is 6.78. The van der Waals surface area contributed by atoms with Crippen LogP contribution in [0.5, 0.6) is 5.75 Å². The summed E-state index contributed by atoms with van der Waals surface area (Å²) in [6, 6.07) is 1.28. The van der Waals surface area contributed by atoms with Gasteiger partial charge in [0, 0.05) is 18.5 Å². The van der Waals surface area contributed by atoms with Crippen LogP contribution in [0.3, 0.4) is 0 Å². The van der Waals surface area contributed by atoms with E-state index >= 15 is 0 Å². The van der Waals surface area contributed by atoms with Crippen LogP contribution in [0.25, 0.3) is 11.2 Å². The molecule has 2 rings (SSSR count). The number of hydrogen-bond donors (Lipinski definition) is 2. The van der Waals surface area contributed by atoms with Gasteiger partial charge in [0.15, 0.2) is 11.4 Å². The molecular formula is C7H5N3O2. The number of aromatic amines is 1. The largest absolute Gasteiger partial charge is 0.503 e. The summed E-state index contributed by atoms with van der Waals surface area (Å²) in [5, 5.41) is 9.01. The summed E-state index contributed by atoms with van der Waals surface area (Å²) in [5.74, 6) is -0.344. The Kier molecular flexibility index (Phi) is 1.30. The van der Waals surface area contributed by atoms with Crippen LogP contribution in [0.1, 0.15) is 0 Å². The van der Waals surface area contributed by atoms with E-state index in [0.717, 1.165) is 0 Å². The highest BCUT2D eigenvalue weighted by molar-refractivity contribution is 5.70. The molecule has 0 atom stereocenters. The van der Waals surface area contributed by atoms with Crippen molar-refractivity contribution in [3.8, 4) is 5.75 Å². The fraction of sp³-hybridized carbons (Fsp3) is 0. The standard InChI is InChI=1S/C7H5N3O2/c11-5-3-4-6(10-7(5)12)9-2-1-8-4/h1-3,11H,(H,9,10,12). The maximum atomic E-state index is 10.9. The zero-order valence-electron chi connectivity index (χ0n) is 5.98. The summed E-state index contributed by atoms with van der Waals surface area (Å²) >= 11 is 0. The van der Waals surface area contributed by atoms with Gasteiger partial charge in [0.25, 0.3) is 5.56 Å². The number of rotatable bonds is 0. The Morgan fingerprint density at radius 1 is 1.33 bits per heavy atom. The Bertz CT molecular complexity index is 477. The molecule has 12 heavy (non-hydrogen) atoms. The summed E-state index contributed by atoms with van der Waals surface area (Å²) in [6.45, 7) is 0. The third kappa shape index (κ3) is 0.914. The van der Waals surface area contributed by atoms with E-state index in [1.54, 1.807) is 0 Å². The van der Waals surface area contributed by atoms with Gasteiger partial charge in [0.05, 0.1) is 0 Å². The van der Waals surface area contributed by atoms with E-state index in [1.807, 2.05) is 0 Å². The van der Waals surface area contributed by atoms with E-state index in [-0.39, 0.29) is 5.75 Å². The molecule has 0 amide bonds. The molecule has 0 spiro atoms. The van der Waals surface area contributed by atoms with Crippen molar-refractivity contribution in [1.82, 2.24) is 15.0 Å². The van der Waals surface area contributed by atoms with E-state index in [9.17, 15) is 4.79 Å². The molecular weight excluding hydrogens is 158 g/mol. The van der Waals surface area contributed by atoms with Gasteiger partial charge in [-0.15, -0.1) is 0 Å². The molecule has 0 saturated heterocycles. The zero-order chi connectivity index (χ0) is 8.55. The number of H-pyrrole nitrogens is 1. The smallest absolute Gasteiger partial charge is 0.291 e. The molecule has 0 radical (unpaired) electrons. The number of aromatic nitrogens is 3. The van der Waals surface area contributed by atoms with Gasteiger partial charge in [-0.3, -0.25) is 9.78 Å². The summed E-state index contributed by atoms with van der Waals surface area (Å²) in [7, 11) is 0. The maximum Gasteiger partial charge on any atom is 0.291 e. The average molecular weight is 163 g/mol. The molecule has 2 N–H and O–H groups in total. The molecule has 0 aliphatic heterocycles. The normalized spacial score (nSPS) is 10.3. The second-order valence-corrected chi connectivity index (χ2v) is 2.27. The predicted octanol–water partition coefficient (Wildman–Crippen LogP) is 0.0237. The van der Waals surface area contributed by atoms with Crippen molar-refractivity contribution >= 4 is 11.2 Å². The monoisotopic (exact) mass is 163 g/mol. The molecule has 2 aromatic rings. The molecule has 2 aromatic heterocycles. The van der Waals surface area contributed by atoms with Crippen molar-refractivity contribution in [2.45, 2.75) is 0 Å². The van der Waals surface area contributed by atoms with Gasteiger partial charge in [-0.25, -0.2) is 4.98 Å². The topological polar surface area (TPSA) is 78.9 Å². The third-order valence-corrected chi connectivity index (χ3v) is 1.46. The summed E-state index contributed by atoms with van der Waals surface area (Å²) in [4.78, 5) is 21.0. The Labute approximate surface area is 66.7 Å². The summed E-state index contributed by atoms with van der Waals surface area (Å²) in [6.07, 6.45) is 2.95. The minimum atomic E-state index is -0.553. The quantitative estimate of drug-likeness (QED) is 0.574. The van der Waals surface area contributed by atoms with Crippen molar-refractivity contribution in [3.05, 3.63) is 28.8 Å². The molecule has 5 nitrogen and oxygen atoms in total. The number of nitrogens with zero attached hydrogens (tertiary/aromatic N) is 2. The molecule has 0 aliphatic rings. The van der Waals surface area contributed by atoms with Crippen LogP contribution >= 0.6 is 0 Å². The lowest BCUT2D eigenvalue weighted by Gasteiger charge is -1.94. The summed E-state index contributed by atoms with van der Waals surface area (Å²) in [5.41, 5.74) is 0.290. The van der Waals surface area contributed by atoms with Crippen LogP contribution in [0.15, 0.2) is 23.3 Å². The third-order valence-electron chi connectivity index (χ3n) is 1.46. The highest BCUT2D eigenvalue weighted by Crippen LogP contribution is 2.06. The van der Waals surface area contributed by atoms with Gasteiger partial charge in [0.2, 0.25) is 0 Å². The van der Waals surface area contributed by atoms with Gasteiger partial charge in [-0.2, -0.15) is 0 Å². The molecule has 0 fully saturated rings. The molecule has 2 heterocycles. The fourth-order valence-corrected chi connectivity index (χ4v) is 0.917. The van der Waals surface area contributed by atoms with E-state index in [2.05, 4.69) is 15.0 Å². The first-order valence-corrected chi connectivity index (χ1v) is 3.30. The number of nitrogens with one attached hydrogen (secondary N) is 1. The van der Waals surface area contributed by atoms with E-state index < -0.39 is 5.56 Å². The minimum Gasteiger partial charge on any atom is -0.503 e. The molecule has 0 unspecified atom stereocenters. The lowest BCUT2D eigenvalue weighted by Crippen LogP contribution is -2.05. The first-order valence-electron chi connectivity index (χ1n) is 3.30. The first-order chi connectivity index (χ1) is 5.77. The molecule has 0 bridgehead atoms. The van der Waals surface area contributed by atoms with Gasteiger partial charge in [-0.1, -0.05) is 0 Å². The zero-order valence-corrected chi connectivity index (χ0v) is 5.98. The lowest BCUT2D eigenvalue weighted by atomic mass is 10.4.